The summed E-state index contributed by atoms with van der Waals surface area (Å²) in [6.07, 6.45) is 7.08. The zero-order chi connectivity index (χ0) is 12.0. The van der Waals surface area contributed by atoms with Gasteiger partial charge in [-0.3, -0.25) is 4.79 Å². The molecule has 3 nitrogen and oxygen atoms in total. The molecule has 1 aliphatic heterocycles. The predicted molar refractivity (Wildman–Crippen MR) is 66.9 cm³/mol. The van der Waals surface area contributed by atoms with Gasteiger partial charge in [0.25, 0.3) is 0 Å². The van der Waals surface area contributed by atoms with E-state index in [0.717, 1.165) is 32.2 Å². The first-order valence-corrected chi connectivity index (χ1v) is 5.95. The molecule has 1 fully saturated rings. The van der Waals surface area contributed by atoms with E-state index in [9.17, 15) is 4.79 Å². The minimum absolute atomic E-state index is 0.000278. The molecule has 0 aromatic rings. The Bertz CT molecular complexity index is 253. The quantitative estimate of drug-likeness (QED) is 0.720. The van der Waals surface area contributed by atoms with Crippen LogP contribution in [0.1, 0.15) is 25.7 Å². The fourth-order valence-electron chi connectivity index (χ4n) is 2.17. The monoisotopic (exact) mass is 222 g/mol. The van der Waals surface area contributed by atoms with E-state index in [-0.39, 0.29) is 17.9 Å². The highest BCUT2D eigenvalue weighted by atomic mass is 16.2. The van der Waals surface area contributed by atoms with Gasteiger partial charge in [-0.15, -0.1) is 13.2 Å². The highest BCUT2D eigenvalue weighted by Gasteiger charge is 2.26. The highest BCUT2D eigenvalue weighted by Crippen LogP contribution is 2.17. The van der Waals surface area contributed by atoms with Crippen LogP contribution in [0.4, 0.5) is 0 Å². The number of hydrogen-bond donors (Lipinski definition) is 1. The first-order chi connectivity index (χ1) is 7.69. The van der Waals surface area contributed by atoms with Gasteiger partial charge >= 0.3 is 0 Å². The van der Waals surface area contributed by atoms with E-state index in [1.54, 1.807) is 12.2 Å². The average molecular weight is 222 g/mol. The zero-order valence-electron chi connectivity index (χ0n) is 9.90. The fourth-order valence-corrected chi connectivity index (χ4v) is 2.17. The molecule has 1 rings (SSSR count). The third kappa shape index (κ3) is 3.49. The molecule has 0 aliphatic carbocycles. The van der Waals surface area contributed by atoms with Crippen LogP contribution < -0.4 is 5.73 Å². The number of hydrogen-bond acceptors (Lipinski definition) is 2. The summed E-state index contributed by atoms with van der Waals surface area (Å²) in [4.78, 5) is 14.1. The Morgan fingerprint density at radius 2 is 2.06 bits per heavy atom. The SMILES string of the molecule is C=CCC(CC=C)C(=O)N1CCCC(N)C1. The van der Waals surface area contributed by atoms with E-state index in [0.29, 0.717) is 6.54 Å². The fraction of sp³-hybridized carbons (Fsp3) is 0.615. The van der Waals surface area contributed by atoms with Crippen molar-refractivity contribution in [2.24, 2.45) is 11.7 Å². The summed E-state index contributed by atoms with van der Waals surface area (Å²) >= 11 is 0. The van der Waals surface area contributed by atoms with Gasteiger partial charge in [0.05, 0.1) is 0 Å². The van der Waals surface area contributed by atoms with E-state index >= 15 is 0 Å². The molecule has 0 bridgehead atoms. The molecule has 1 saturated heterocycles. The Balaban J connectivity index is 2.57. The van der Waals surface area contributed by atoms with Crippen molar-refractivity contribution in [3.05, 3.63) is 25.3 Å². The average Bonchev–Trinajstić information content (AvgIpc) is 2.28. The maximum absolute atomic E-state index is 12.2. The number of nitrogens with zero attached hydrogens (tertiary/aromatic N) is 1. The summed E-state index contributed by atoms with van der Waals surface area (Å²) in [5, 5.41) is 0. The van der Waals surface area contributed by atoms with Crippen LogP contribution in [0.5, 0.6) is 0 Å². The Morgan fingerprint density at radius 1 is 1.44 bits per heavy atom. The van der Waals surface area contributed by atoms with Gasteiger partial charge in [0.2, 0.25) is 5.91 Å². The minimum atomic E-state index is 0.000278. The van der Waals surface area contributed by atoms with Gasteiger partial charge in [0, 0.05) is 25.0 Å². The van der Waals surface area contributed by atoms with Crippen molar-refractivity contribution in [3.63, 3.8) is 0 Å². The van der Waals surface area contributed by atoms with Crippen LogP contribution >= 0.6 is 0 Å². The topological polar surface area (TPSA) is 46.3 Å². The molecule has 0 aromatic heterocycles. The number of allylic oxidation sites excluding steroid dienone is 2. The van der Waals surface area contributed by atoms with E-state index in [1.165, 1.54) is 0 Å². The molecule has 0 saturated carbocycles. The number of carbonyl (C=O) groups is 1. The largest absolute Gasteiger partial charge is 0.341 e. The highest BCUT2D eigenvalue weighted by molar-refractivity contribution is 5.79. The van der Waals surface area contributed by atoms with Crippen molar-refractivity contribution in [3.8, 4) is 0 Å². The number of rotatable bonds is 5. The minimum Gasteiger partial charge on any atom is -0.341 e. The number of piperidine rings is 1. The van der Waals surface area contributed by atoms with Gasteiger partial charge in [-0.25, -0.2) is 0 Å². The van der Waals surface area contributed by atoms with Gasteiger partial charge in [-0.1, -0.05) is 12.2 Å². The molecular formula is C13H22N2O. The molecule has 0 aromatic carbocycles. The molecule has 0 spiro atoms. The summed E-state index contributed by atoms with van der Waals surface area (Å²) in [6, 6.07) is 0.144. The van der Waals surface area contributed by atoms with Gasteiger partial charge in [0.15, 0.2) is 0 Å². The molecular weight excluding hydrogens is 200 g/mol. The molecule has 2 N–H and O–H groups in total. The third-order valence-corrected chi connectivity index (χ3v) is 3.02. The van der Waals surface area contributed by atoms with Crippen LogP contribution in [0.3, 0.4) is 0 Å². The second-order valence-electron chi connectivity index (χ2n) is 4.43. The Labute approximate surface area is 98.0 Å². The molecule has 1 atom stereocenters. The van der Waals surface area contributed by atoms with Crippen molar-refractivity contribution in [1.82, 2.24) is 4.90 Å². The number of carbonyl (C=O) groups excluding carboxylic acids is 1. The van der Waals surface area contributed by atoms with Crippen LogP contribution in [0.2, 0.25) is 0 Å². The van der Waals surface area contributed by atoms with Crippen LogP contribution in [-0.4, -0.2) is 29.9 Å². The van der Waals surface area contributed by atoms with Gasteiger partial charge in [0.1, 0.15) is 0 Å². The van der Waals surface area contributed by atoms with E-state index < -0.39 is 0 Å². The zero-order valence-corrected chi connectivity index (χ0v) is 9.90. The van der Waals surface area contributed by atoms with E-state index in [4.69, 9.17) is 5.73 Å². The normalized spacial score (nSPS) is 20.9. The first-order valence-electron chi connectivity index (χ1n) is 5.95. The van der Waals surface area contributed by atoms with Gasteiger partial charge < -0.3 is 10.6 Å². The molecule has 1 amide bonds. The first kappa shape index (κ1) is 13.0. The molecule has 16 heavy (non-hydrogen) atoms. The molecule has 90 valence electrons. The van der Waals surface area contributed by atoms with Crippen molar-refractivity contribution in [2.45, 2.75) is 31.7 Å². The second-order valence-corrected chi connectivity index (χ2v) is 4.43. The second kappa shape index (κ2) is 6.48. The van der Waals surface area contributed by atoms with Crippen molar-refractivity contribution >= 4 is 5.91 Å². The molecule has 1 aliphatic rings. The van der Waals surface area contributed by atoms with Crippen LogP contribution in [-0.2, 0) is 4.79 Å². The summed E-state index contributed by atoms with van der Waals surface area (Å²) in [5.74, 6) is 0.204. The lowest BCUT2D eigenvalue weighted by atomic mass is 9.97. The summed E-state index contributed by atoms with van der Waals surface area (Å²) in [5.41, 5.74) is 5.88. The van der Waals surface area contributed by atoms with Crippen LogP contribution in [0.15, 0.2) is 25.3 Å². The predicted octanol–water partition coefficient (Wildman–Crippen LogP) is 1.70. The molecule has 1 heterocycles. The van der Waals surface area contributed by atoms with Crippen molar-refractivity contribution in [1.29, 1.82) is 0 Å². The lowest BCUT2D eigenvalue weighted by Gasteiger charge is -2.33. The molecule has 3 heteroatoms. The lowest BCUT2D eigenvalue weighted by Crippen LogP contribution is -2.47. The van der Waals surface area contributed by atoms with Crippen molar-refractivity contribution < 1.29 is 4.79 Å². The Hall–Kier alpha value is -1.09. The Kier molecular flexibility index (Phi) is 5.26. The maximum Gasteiger partial charge on any atom is 0.226 e. The lowest BCUT2D eigenvalue weighted by molar-refractivity contribution is -0.136. The van der Waals surface area contributed by atoms with E-state index in [2.05, 4.69) is 13.2 Å². The van der Waals surface area contributed by atoms with E-state index in [1.807, 2.05) is 4.90 Å². The smallest absolute Gasteiger partial charge is 0.226 e. The van der Waals surface area contributed by atoms with Crippen LogP contribution in [0.25, 0.3) is 0 Å². The number of amides is 1. The van der Waals surface area contributed by atoms with Crippen LogP contribution in [0, 0.1) is 5.92 Å². The third-order valence-electron chi connectivity index (χ3n) is 3.02. The number of nitrogens with two attached hydrogens (primary N) is 1. The molecule has 1 unspecified atom stereocenters. The standard InChI is InChI=1S/C13H22N2O/c1-3-6-11(7-4-2)13(16)15-9-5-8-12(14)10-15/h3-4,11-12H,1-2,5-10,14H2. The maximum atomic E-state index is 12.2. The van der Waals surface area contributed by atoms with Crippen molar-refractivity contribution in [2.75, 3.05) is 13.1 Å². The Morgan fingerprint density at radius 3 is 2.56 bits per heavy atom. The number of likely N-dealkylation sites (tertiary alicyclic amines) is 1. The summed E-state index contributed by atoms with van der Waals surface area (Å²) < 4.78 is 0. The summed E-state index contributed by atoms with van der Waals surface area (Å²) in [7, 11) is 0. The van der Waals surface area contributed by atoms with Gasteiger partial charge in [-0.05, 0) is 25.7 Å². The molecule has 0 radical (unpaired) electrons. The van der Waals surface area contributed by atoms with Gasteiger partial charge in [-0.2, -0.15) is 0 Å². The summed E-state index contributed by atoms with van der Waals surface area (Å²) in [6.45, 7) is 8.93.